The summed E-state index contributed by atoms with van der Waals surface area (Å²) >= 11 is 0. The largest absolute Gasteiger partial charge is 0.356 e. The highest BCUT2D eigenvalue weighted by Gasteiger charge is 2.24. The monoisotopic (exact) mass is 434 g/mol. The first-order valence-electron chi connectivity index (χ1n) is 10.6. The van der Waals surface area contributed by atoms with Crippen LogP contribution in [0.15, 0.2) is 33.7 Å². The molecule has 1 aliphatic rings. The fourth-order valence-electron chi connectivity index (χ4n) is 3.51. The third kappa shape index (κ3) is 6.37. The predicted octanol–water partition coefficient (Wildman–Crippen LogP) is 2.62. The maximum atomic E-state index is 12.8. The van der Waals surface area contributed by atoms with Crippen LogP contribution in [0.2, 0.25) is 0 Å². The first-order valence-corrected chi connectivity index (χ1v) is 12.0. The number of hydrogen-bond acceptors (Lipinski definition) is 6. The molecule has 1 fully saturated rings. The van der Waals surface area contributed by atoms with Gasteiger partial charge in [0.25, 0.3) is 0 Å². The van der Waals surface area contributed by atoms with Crippen molar-refractivity contribution in [3.8, 4) is 0 Å². The smallest absolute Gasteiger partial charge is 0.243 e. The van der Waals surface area contributed by atoms with Crippen LogP contribution in [0.1, 0.15) is 55.8 Å². The number of benzene rings is 1. The van der Waals surface area contributed by atoms with Gasteiger partial charge in [0, 0.05) is 32.5 Å². The Balaban J connectivity index is 1.42. The first kappa shape index (κ1) is 22.4. The van der Waals surface area contributed by atoms with Crippen LogP contribution in [0, 0.1) is 6.92 Å². The van der Waals surface area contributed by atoms with Crippen molar-refractivity contribution in [1.29, 1.82) is 0 Å². The molecule has 2 heterocycles. The molecule has 0 atom stereocenters. The molecule has 1 N–H and O–H groups in total. The summed E-state index contributed by atoms with van der Waals surface area (Å²) in [7, 11) is -3.43. The molecule has 8 nitrogen and oxygen atoms in total. The molecule has 164 valence electrons. The van der Waals surface area contributed by atoms with Gasteiger partial charge in [-0.2, -0.15) is 9.29 Å². The molecule has 1 aromatic carbocycles. The number of rotatable bonds is 9. The second-order valence-electron chi connectivity index (χ2n) is 7.65. The Kier molecular flexibility index (Phi) is 7.98. The van der Waals surface area contributed by atoms with Crippen LogP contribution >= 0.6 is 0 Å². The standard InChI is InChI=1S/C21H30N4O4S/c1-17-23-21(29-24-17)7-6-14-22-20(26)13-10-18-8-11-19(12-9-18)30(27,28)25-15-4-2-3-5-16-25/h8-9,11-12H,2-7,10,13-16H2,1H3,(H,22,26). The molecule has 3 rings (SSSR count). The van der Waals surface area contributed by atoms with Gasteiger partial charge in [0.1, 0.15) is 0 Å². The van der Waals surface area contributed by atoms with E-state index in [1.54, 1.807) is 35.5 Å². The van der Waals surface area contributed by atoms with Gasteiger partial charge < -0.3 is 9.84 Å². The van der Waals surface area contributed by atoms with Gasteiger partial charge in [0.05, 0.1) is 4.90 Å². The number of nitrogens with one attached hydrogen (secondary N) is 1. The maximum absolute atomic E-state index is 12.8. The number of sulfonamides is 1. The molecule has 0 saturated carbocycles. The summed E-state index contributed by atoms with van der Waals surface area (Å²) in [5.74, 6) is 1.16. The van der Waals surface area contributed by atoms with E-state index in [4.69, 9.17) is 4.52 Å². The average molecular weight is 435 g/mol. The molecule has 2 aromatic rings. The van der Waals surface area contributed by atoms with Crippen molar-refractivity contribution < 1.29 is 17.7 Å². The summed E-state index contributed by atoms with van der Waals surface area (Å²) in [6.07, 6.45) is 6.30. The summed E-state index contributed by atoms with van der Waals surface area (Å²) in [4.78, 5) is 16.5. The number of aryl methyl sites for hydroxylation is 3. The topological polar surface area (TPSA) is 105 Å². The SMILES string of the molecule is Cc1noc(CCCNC(=O)CCc2ccc(S(=O)(=O)N3CCCCCC3)cc2)n1. The molecule has 1 aromatic heterocycles. The molecule has 1 aliphatic heterocycles. The minimum absolute atomic E-state index is 0.0297. The molecule has 0 unspecified atom stereocenters. The van der Waals surface area contributed by atoms with E-state index in [9.17, 15) is 13.2 Å². The number of nitrogens with zero attached hydrogens (tertiary/aromatic N) is 3. The minimum Gasteiger partial charge on any atom is -0.356 e. The van der Waals surface area contributed by atoms with Crippen LogP contribution in [0.25, 0.3) is 0 Å². The fraction of sp³-hybridized carbons (Fsp3) is 0.571. The number of carbonyl (C=O) groups is 1. The molecule has 9 heteroatoms. The van der Waals surface area contributed by atoms with Crippen molar-refractivity contribution in [3.05, 3.63) is 41.5 Å². The molecule has 30 heavy (non-hydrogen) atoms. The van der Waals surface area contributed by atoms with E-state index in [0.717, 1.165) is 37.7 Å². The highest BCUT2D eigenvalue weighted by molar-refractivity contribution is 7.89. The van der Waals surface area contributed by atoms with Crippen molar-refractivity contribution in [2.24, 2.45) is 0 Å². The van der Waals surface area contributed by atoms with Crippen LogP contribution in [0.3, 0.4) is 0 Å². The zero-order valence-electron chi connectivity index (χ0n) is 17.5. The van der Waals surface area contributed by atoms with Gasteiger partial charge in [0.2, 0.25) is 21.8 Å². The van der Waals surface area contributed by atoms with Crippen molar-refractivity contribution in [2.75, 3.05) is 19.6 Å². The summed E-state index contributed by atoms with van der Waals surface area (Å²) in [6, 6.07) is 6.91. The molecular formula is C21H30N4O4S. The third-order valence-electron chi connectivity index (χ3n) is 5.23. The Morgan fingerprint density at radius 1 is 1.10 bits per heavy atom. The Labute approximate surface area is 178 Å². The highest BCUT2D eigenvalue weighted by atomic mass is 32.2. The van der Waals surface area contributed by atoms with Gasteiger partial charge in [-0.25, -0.2) is 8.42 Å². The Morgan fingerprint density at radius 3 is 2.43 bits per heavy atom. The summed E-state index contributed by atoms with van der Waals surface area (Å²) in [5.41, 5.74) is 0.946. The van der Waals surface area contributed by atoms with E-state index in [1.165, 1.54) is 0 Å². The minimum atomic E-state index is -3.43. The zero-order valence-corrected chi connectivity index (χ0v) is 18.3. The second-order valence-corrected chi connectivity index (χ2v) is 9.59. The van der Waals surface area contributed by atoms with Crippen LogP contribution in [0.5, 0.6) is 0 Å². The van der Waals surface area contributed by atoms with E-state index in [2.05, 4.69) is 15.5 Å². The van der Waals surface area contributed by atoms with Gasteiger partial charge in [-0.15, -0.1) is 0 Å². The number of hydrogen-bond donors (Lipinski definition) is 1. The number of carbonyl (C=O) groups excluding carboxylic acids is 1. The van der Waals surface area contributed by atoms with Crippen LogP contribution < -0.4 is 5.32 Å². The van der Waals surface area contributed by atoms with Gasteiger partial charge >= 0.3 is 0 Å². The normalized spacial score (nSPS) is 15.6. The highest BCUT2D eigenvalue weighted by Crippen LogP contribution is 2.21. The van der Waals surface area contributed by atoms with Gasteiger partial charge in [-0.3, -0.25) is 4.79 Å². The summed E-state index contributed by atoms with van der Waals surface area (Å²) < 4.78 is 32.3. The summed E-state index contributed by atoms with van der Waals surface area (Å²) in [6.45, 7) is 3.51. The Hall–Kier alpha value is -2.26. The Morgan fingerprint density at radius 2 is 1.80 bits per heavy atom. The van der Waals surface area contributed by atoms with Gasteiger partial charge in [0.15, 0.2) is 5.82 Å². The lowest BCUT2D eigenvalue weighted by atomic mass is 10.1. The quantitative estimate of drug-likeness (QED) is 0.608. The molecule has 1 saturated heterocycles. The summed E-state index contributed by atoms with van der Waals surface area (Å²) in [5, 5.41) is 6.61. The number of amides is 1. The predicted molar refractivity (Wildman–Crippen MR) is 112 cm³/mol. The molecule has 1 amide bonds. The van der Waals surface area contributed by atoms with Crippen molar-refractivity contribution in [3.63, 3.8) is 0 Å². The van der Waals surface area contributed by atoms with Gasteiger partial charge in [-0.1, -0.05) is 30.1 Å². The third-order valence-corrected chi connectivity index (χ3v) is 7.14. The molecule has 0 aliphatic carbocycles. The van der Waals surface area contributed by atoms with Crippen molar-refractivity contribution in [1.82, 2.24) is 19.8 Å². The van der Waals surface area contributed by atoms with Gasteiger partial charge in [-0.05, 0) is 50.3 Å². The maximum Gasteiger partial charge on any atom is 0.243 e. The van der Waals surface area contributed by atoms with E-state index >= 15 is 0 Å². The van der Waals surface area contributed by atoms with Crippen LogP contribution in [-0.4, -0.2) is 48.4 Å². The van der Waals surface area contributed by atoms with Crippen LogP contribution in [-0.2, 0) is 27.7 Å². The van der Waals surface area contributed by atoms with E-state index < -0.39 is 10.0 Å². The van der Waals surface area contributed by atoms with Crippen molar-refractivity contribution in [2.45, 2.75) is 63.2 Å². The molecular weight excluding hydrogens is 404 g/mol. The Bertz CT molecular complexity index is 917. The molecule has 0 radical (unpaired) electrons. The zero-order chi connectivity index (χ0) is 21.4. The van der Waals surface area contributed by atoms with E-state index in [1.807, 2.05) is 0 Å². The van der Waals surface area contributed by atoms with E-state index in [0.29, 0.717) is 55.5 Å². The molecule has 0 bridgehead atoms. The second kappa shape index (κ2) is 10.7. The lowest BCUT2D eigenvalue weighted by molar-refractivity contribution is -0.121. The van der Waals surface area contributed by atoms with E-state index in [-0.39, 0.29) is 5.91 Å². The first-order chi connectivity index (χ1) is 14.4. The lowest BCUT2D eigenvalue weighted by Gasteiger charge is -2.20. The fourth-order valence-corrected chi connectivity index (χ4v) is 5.03. The molecule has 0 spiro atoms. The number of aromatic nitrogens is 2. The van der Waals surface area contributed by atoms with Crippen molar-refractivity contribution >= 4 is 15.9 Å². The lowest BCUT2D eigenvalue weighted by Crippen LogP contribution is -2.31. The van der Waals surface area contributed by atoms with Crippen LogP contribution in [0.4, 0.5) is 0 Å². The average Bonchev–Trinajstić information content (AvgIpc) is 2.97.